The summed E-state index contributed by atoms with van der Waals surface area (Å²) in [4.78, 5) is 44.1. The van der Waals surface area contributed by atoms with Crippen LogP contribution in [-0.4, -0.2) is 63.1 Å². The fourth-order valence-electron chi connectivity index (χ4n) is 1.57. The molecule has 0 saturated carbocycles. The number of carbonyl (C=O) groups is 4. The lowest BCUT2D eigenvalue weighted by molar-refractivity contribution is -0.154. The van der Waals surface area contributed by atoms with Crippen LogP contribution in [0.2, 0.25) is 0 Å². The number of carbonyl (C=O) groups excluding carboxylic acids is 4. The molecule has 0 aromatic rings. The number of Topliss-reactive ketones (excluding diaryl/α,β-unsaturated/α-hetero) is 2. The molecule has 0 N–H and O–H groups in total. The van der Waals surface area contributed by atoms with Crippen molar-refractivity contribution >= 4 is 23.5 Å². The minimum atomic E-state index is -0.791. The maximum absolute atomic E-state index is 11.1. The minimum Gasteiger partial charge on any atom is -0.460 e. The van der Waals surface area contributed by atoms with Gasteiger partial charge in [0, 0.05) is 52.1 Å². The maximum atomic E-state index is 11.1. The van der Waals surface area contributed by atoms with Crippen molar-refractivity contribution in [3.63, 3.8) is 0 Å². The van der Waals surface area contributed by atoms with E-state index in [1.54, 1.807) is 13.8 Å². The molecule has 0 atom stereocenters. The van der Waals surface area contributed by atoms with Gasteiger partial charge in [-0.05, 0) is 6.42 Å². The fourth-order valence-corrected chi connectivity index (χ4v) is 1.57. The molecule has 0 aliphatic rings. The molecular weight excluding hydrogens is 332 g/mol. The Morgan fingerprint density at radius 1 is 0.560 bits per heavy atom. The highest BCUT2D eigenvalue weighted by molar-refractivity contribution is 6.33. The largest absolute Gasteiger partial charge is 0.460 e. The second kappa shape index (κ2) is 15.7. The molecule has 0 radical (unpaired) electrons. The zero-order chi connectivity index (χ0) is 18.9. The third-order valence-electron chi connectivity index (χ3n) is 3.01. The Hall–Kier alpha value is -1.80. The number of ether oxygens (including phenoxy) is 4. The summed E-state index contributed by atoms with van der Waals surface area (Å²) in [5.41, 5.74) is 0. The van der Waals surface area contributed by atoms with Crippen molar-refractivity contribution in [2.45, 2.75) is 46.0 Å². The van der Waals surface area contributed by atoms with E-state index in [0.29, 0.717) is 45.7 Å². The van der Waals surface area contributed by atoms with Gasteiger partial charge in [-0.3, -0.25) is 9.59 Å². The Kier molecular flexibility index (Phi) is 14.6. The molecule has 0 amide bonds. The van der Waals surface area contributed by atoms with Gasteiger partial charge in [0.1, 0.15) is 0 Å². The van der Waals surface area contributed by atoms with Crippen LogP contribution < -0.4 is 0 Å². The van der Waals surface area contributed by atoms with Crippen LogP contribution in [0.4, 0.5) is 0 Å². The van der Waals surface area contributed by atoms with Crippen LogP contribution in [0.25, 0.3) is 0 Å². The second-order valence-electron chi connectivity index (χ2n) is 5.11. The molecule has 0 fully saturated rings. The van der Waals surface area contributed by atoms with Crippen molar-refractivity contribution in [3.05, 3.63) is 0 Å². The van der Waals surface area contributed by atoms with E-state index in [4.69, 9.17) is 18.9 Å². The Morgan fingerprint density at radius 2 is 0.880 bits per heavy atom. The van der Waals surface area contributed by atoms with Crippen LogP contribution in [-0.2, 0) is 38.1 Å². The summed E-state index contributed by atoms with van der Waals surface area (Å²) in [6.45, 7) is 5.46. The van der Waals surface area contributed by atoms with Crippen LogP contribution in [0.1, 0.15) is 46.0 Å². The van der Waals surface area contributed by atoms with Gasteiger partial charge in [-0.2, -0.15) is 0 Å². The van der Waals surface area contributed by atoms with Gasteiger partial charge in [0.05, 0.1) is 13.2 Å². The van der Waals surface area contributed by atoms with Crippen LogP contribution in [0.15, 0.2) is 0 Å². The smallest absolute Gasteiger partial charge is 0.374 e. The number of rotatable bonds is 16. The average Bonchev–Trinajstić information content (AvgIpc) is 2.63. The Labute approximate surface area is 148 Å². The standard InChI is InChI=1S/C17H28O8/c1-3-14(18)16(20)24-12-6-10-22-8-5-9-23-11-7-13-25-17(21)15(19)4-2/h3-13H2,1-2H3. The van der Waals surface area contributed by atoms with Crippen molar-refractivity contribution in [2.75, 3.05) is 39.6 Å². The van der Waals surface area contributed by atoms with Gasteiger partial charge in [-0.1, -0.05) is 13.8 Å². The highest BCUT2D eigenvalue weighted by atomic mass is 16.5. The summed E-state index contributed by atoms with van der Waals surface area (Å²) in [6, 6.07) is 0. The lowest BCUT2D eigenvalue weighted by atomic mass is 10.3. The molecule has 0 aromatic carbocycles. The average molecular weight is 360 g/mol. The molecule has 0 aromatic heterocycles. The summed E-state index contributed by atoms with van der Waals surface area (Å²) in [5.74, 6) is -2.63. The van der Waals surface area contributed by atoms with E-state index in [0.717, 1.165) is 0 Å². The van der Waals surface area contributed by atoms with Gasteiger partial charge in [0.2, 0.25) is 11.6 Å². The van der Waals surface area contributed by atoms with E-state index in [9.17, 15) is 19.2 Å². The quantitative estimate of drug-likeness (QED) is 0.230. The van der Waals surface area contributed by atoms with Crippen molar-refractivity contribution in [1.29, 1.82) is 0 Å². The molecule has 0 rings (SSSR count). The van der Waals surface area contributed by atoms with Crippen molar-refractivity contribution in [1.82, 2.24) is 0 Å². The topological polar surface area (TPSA) is 105 Å². The molecule has 25 heavy (non-hydrogen) atoms. The lowest BCUT2D eigenvalue weighted by Gasteiger charge is -2.06. The van der Waals surface area contributed by atoms with Gasteiger partial charge in [0.25, 0.3) is 0 Å². The summed E-state index contributed by atoms with van der Waals surface area (Å²) in [5, 5.41) is 0. The first-order valence-electron chi connectivity index (χ1n) is 8.58. The van der Waals surface area contributed by atoms with Gasteiger partial charge in [-0.15, -0.1) is 0 Å². The predicted octanol–water partition coefficient (Wildman–Crippen LogP) is 1.23. The molecule has 0 heterocycles. The summed E-state index contributed by atoms with van der Waals surface area (Å²) >= 11 is 0. The molecular formula is C17H28O8. The molecule has 8 nitrogen and oxygen atoms in total. The highest BCUT2D eigenvalue weighted by Gasteiger charge is 2.12. The SMILES string of the molecule is CCC(=O)C(=O)OCCCOCCCOCCCOC(=O)C(=O)CC. The van der Waals surface area contributed by atoms with Crippen LogP contribution in [0.3, 0.4) is 0 Å². The maximum Gasteiger partial charge on any atom is 0.374 e. The Morgan fingerprint density at radius 3 is 1.20 bits per heavy atom. The molecule has 144 valence electrons. The zero-order valence-corrected chi connectivity index (χ0v) is 15.0. The normalized spacial score (nSPS) is 10.3. The Bertz CT molecular complexity index is 381. The zero-order valence-electron chi connectivity index (χ0n) is 15.0. The first-order valence-corrected chi connectivity index (χ1v) is 8.58. The number of esters is 2. The highest BCUT2D eigenvalue weighted by Crippen LogP contribution is 1.94. The predicted molar refractivity (Wildman–Crippen MR) is 88.0 cm³/mol. The van der Waals surface area contributed by atoms with Crippen molar-refractivity contribution in [3.8, 4) is 0 Å². The summed E-state index contributed by atoms with van der Waals surface area (Å²) < 4.78 is 20.2. The van der Waals surface area contributed by atoms with Crippen LogP contribution in [0, 0.1) is 0 Å². The van der Waals surface area contributed by atoms with Gasteiger partial charge in [0.15, 0.2) is 0 Å². The number of hydrogen-bond acceptors (Lipinski definition) is 8. The number of ketones is 2. The molecule has 0 aliphatic carbocycles. The Balaban J connectivity index is 3.27. The second-order valence-corrected chi connectivity index (χ2v) is 5.11. The van der Waals surface area contributed by atoms with E-state index in [1.807, 2.05) is 0 Å². The summed E-state index contributed by atoms with van der Waals surface area (Å²) in [7, 11) is 0. The number of hydrogen-bond donors (Lipinski definition) is 0. The van der Waals surface area contributed by atoms with Gasteiger partial charge >= 0.3 is 11.9 Å². The van der Waals surface area contributed by atoms with Gasteiger partial charge in [-0.25, -0.2) is 9.59 Å². The molecule has 0 bridgehead atoms. The first-order chi connectivity index (χ1) is 12.0. The van der Waals surface area contributed by atoms with Crippen LogP contribution >= 0.6 is 0 Å². The fraction of sp³-hybridized carbons (Fsp3) is 0.765. The van der Waals surface area contributed by atoms with E-state index in [2.05, 4.69) is 0 Å². The molecule has 0 aliphatic heterocycles. The minimum absolute atomic E-state index is 0.147. The molecule has 0 unspecified atom stereocenters. The summed E-state index contributed by atoms with van der Waals surface area (Å²) in [6.07, 6.45) is 2.07. The molecule has 0 spiro atoms. The van der Waals surface area contributed by atoms with Gasteiger partial charge < -0.3 is 18.9 Å². The van der Waals surface area contributed by atoms with E-state index < -0.39 is 23.5 Å². The molecule has 8 heteroatoms. The van der Waals surface area contributed by atoms with E-state index in [-0.39, 0.29) is 26.1 Å². The molecule has 0 saturated heterocycles. The third-order valence-corrected chi connectivity index (χ3v) is 3.01. The van der Waals surface area contributed by atoms with Crippen LogP contribution in [0.5, 0.6) is 0 Å². The lowest BCUT2D eigenvalue weighted by Crippen LogP contribution is -2.17. The first kappa shape index (κ1) is 23.2. The monoisotopic (exact) mass is 360 g/mol. The van der Waals surface area contributed by atoms with Crippen molar-refractivity contribution < 1.29 is 38.1 Å². The third kappa shape index (κ3) is 13.2. The van der Waals surface area contributed by atoms with E-state index in [1.165, 1.54) is 0 Å². The van der Waals surface area contributed by atoms with E-state index >= 15 is 0 Å². The van der Waals surface area contributed by atoms with Crippen molar-refractivity contribution in [2.24, 2.45) is 0 Å².